The average Bonchev–Trinajstić information content (AvgIpc) is 3.49. The van der Waals surface area contributed by atoms with Crippen LogP contribution >= 0.6 is 23.1 Å². The molecule has 148 valence electrons. The van der Waals surface area contributed by atoms with E-state index < -0.39 is 0 Å². The molecule has 1 aromatic carbocycles. The second kappa shape index (κ2) is 6.34. The number of furan rings is 1. The zero-order chi connectivity index (χ0) is 19.7. The first-order valence-corrected chi connectivity index (χ1v) is 11.5. The minimum Gasteiger partial charge on any atom is -0.460 e. The number of thioether (sulfide) groups is 1. The van der Waals surface area contributed by atoms with Gasteiger partial charge in [0, 0.05) is 11.3 Å². The fraction of sp³-hybridized carbons (Fsp3) is 0.381. The minimum atomic E-state index is -0.378. The molecule has 2 fully saturated rings. The molecular weight excluding hydrogens is 408 g/mol. The molecule has 0 radical (unpaired) electrons. The Morgan fingerprint density at radius 2 is 1.97 bits per heavy atom. The first kappa shape index (κ1) is 17.5. The molecule has 0 saturated heterocycles. The molecule has 3 aliphatic rings. The van der Waals surface area contributed by atoms with E-state index in [9.17, 15) is 14.9 Å². The Kier molecular flexibility index (Phi) is 3.83. The zero-order valence-electron chi connectivity index (χ0n) is 15.4. The van der Waals surface area contributed by atoms with Crippen molar-refractivity contribution < 1.29 is 9.34 Å². The van der Waals surface area contributed by atoms with Crippen molar-refractivity contribution in [2.24, 2.45) is 17.8 Å². The lowest BCUT2D eigenvalue weighted by Gasteiger charge is -2.38. The standard InChI is InChI=1S/C21H18N2O4S2/c24-21-22-20-19(29-21)17(16-10-5-6-11(9-10)18(16)28-20)15-8-7-14(27-15)12-3-1-2-4-13(12)23(25)26/h1-4,7-8,10-11,16-18H,5-6,9H2,(H,22,24)/t10-,11+,16-,17+,18+/m1/s1. The van der Waals surface area contributed by atoms with E-state index in [1.165, 1.54) is 36.7 Å². The normalized spacial score (nSPS) is 29.6. The van der Waals surface area contributed by atoms with E-state index in [-0.39, 0.29) is 21.4 Å². The molecule has 6 rings (SSSR count). The van der Waals surface area contributed by atoms with E-state index in [1.54, 1.807) is 18.2 Å². The number of H-pyrrole nitrogens is 1. The van der Waals surface area contributed by atoms with Crippen LogP contribution in [-0.2, 0) is 0 Å². The van der Waals surface area contributed by atoms with Crippen molar-refractivity contribution >= 4 is 28.8 Å². The molecule has 0 unspecified atom stereocenters. The van der Waals surface area contributed by atoms with E-state index in [4.69, 9.17) is 4.42 Å². The number of nitrogens with zero attached hydrogens (tertiary/aromatic N) is 1. The highest BCUT2D eigenvalue weighted by atomic mass is 32.2. The number of aromatic nitrogens is 1. The van der Waals surface area contributed by atoms with Gasteiger partial charge in [0.05, 0.1) is 26.3 Å². The minimum absolute atomic E-state index is 0.0229. The van der Waals surface area contributed by atoms with E-state index in [0.29, 0.717) is 34.3 Å². The first-order valence-electron chi connectivity index (χ1n) is 9.83. The number of rotatable bonds is 3. The lowest BCUT2D eigenvalue weighted by Crippen LogP contribution is -2.33. The van der Waals surface area contributed by atoms with Crippen molar-refractivity contribution in [1.82, 2.24) is 4.98 Å². The first-order chi connectivity index (χ1) is 14.1. The highest BCUT2D eigenvalue weighted by molar-refractivity contribution is 8.00. The third kappa shape index (κ3) is 2.58. The summed E-state index contributed by atoms with van der Waals surface area (Å²) in [6.07, 6.45) is 3.78. The van der Waals surface area contributed by atoms with Crippen LogP contribution < -0.4 is 4.87 Å². The molecular formula is C21H18N2O4S2. The Hall–Kier alpha value is -2.32. The van der Waals surface area contributed by atoms with Crippen LogP contribution in [0.5, 0.6) is 0 Å². The smallest absolute Gasteiger partial charge is 0.305 e. The van der Waals surface area contributed by atoms with Gasteiger partial charge in [-0.3, -0.25) is 14.9 Å². The predicted molar refractivity (Wildman–Crippen MR) is 112 cm³/mol. The SMILES string of the molecule is O=c1[nH]c2c(s1)[C@@H](c1ccc(-c3ccccc3[N+](=O)[O-])o1)[C@H]1[C@@H]3CC[C@@H](C3)[C@@H]1S2. The Balaban J connectivity index is 1.47. The van der Waals surface area contributed by atoms with Gasteiger partial charge in [0.1, 0.15) is 11.5 Å². The van der Waals surface area contributed by atoms with Crippen LogP contribution in [-0.4, -0.2) is 15.2 Å². The molecule has 6 nitrogen and oxygen atoms in total. The zero-order valence-corrected chi connectivity index (χ0v) is 17.0. The van der Waals surface area contributed by atoms with Crippen LogP contribution in [0.1, 0.15) is 35.8 Å². The highest BCUT2D eigenvalue weighted by Crippen LogP contribution is 2.63. The van der Waals surface area contributed by atoms with Crippen molar-refractivity contribution in [2.75, 3.05) is 0 Å². The molecule has 2 aromatic heterocycles. The topological polar surface area (TPSA) is 89.1 Å². The summed E-state index contributed by atoms with van der Waals surface area (Å²) in [4.78, 5) is 27.2. The number of benzene rings is 1. The number of para-hydroxylation sites is 1. The summed E-state index contributed by atoms with van der Waals surface area (Å²) in [6, 6.07) is 10.4. The third-order valence-corrected chi connectivity index (χ3v) is 9.39. The lowest BCUT2D eigenvalue weighted by atomic mass is 9.77. The Labute approximate surface area is 174 Å². The Morgan fingerprint density at radius 3 is 2.83 bits per heavy atom. The van der Waals surface area contributed by atoms with Crippen LogP contribution in [0.15, 0.2) is 50.6 Å². The molecule has 3 aromatic rings. The van der Waals surface area contributed by atoms with Gasteiger partial charge in [-0.1, -0.05) is 23.5 Å². The summed E-state index contributed by atoms with van der Waals surface area (Å²) in [5.41, 5.74) is 0.526. The number of aromatic amines is 1. The van der Waals surface area contributed by atoms with Crippen LogP contribution in [0.2, 0.25) is 0 Å². The average molecular weight is 427 g/mol. The van der Waals surface area contributed by atoms with Gasteiger partial charge < -0.3 is 9.40 Å². The summed E-state index contributed by atoms with van der Waals surface area (Å²) in [6.45, 7) is 0. The quantitative estimate of drug-likeness (QED) is 0.456. The molecule has 0 spiro atoms. The van der Waals surface area contributed by atoms with Gasteiger partial charge in [-0.25, -0.2) is 0 Å². The van der Waals surface area contributed by atoms with Gasteiger partial charge in [-0.15, -0.1) is 11.8 Å². The highest BCUT2D eigenvalue weighted by Gasteiger charge is 2.55. The largest absolute Gasteiger partial charge is 0.460 e. The van der Waals surface area contributed by atoms with E-state index in [0.717, 1.165) is 15.7 Å². The fourth-order valence-corrected chi connectivity index (χ4v) is 8.55. The van der Waals surface area contributed by atoms with Crippen LogP contribution in [0.4, 0.5) is 5.69 Å². The molecule has 2 bridgehead atoms. The van der Waals surface area contributed by atoms with E-state index in [1.807, 2.05) is 23.9 Å². The summed E-state index contributed by atoms with van der Waals surface area (Å²) in [5, 5.41) is 12.9. The van der Waals surface area contributed by atoms with Crippen molar-refractivity contribution in [1.29, 1.82) is 0 Å². The monoisotopic (exact) mass is 426 g/mol. The maximum atomic E-state index is 12.1. The van der Waals surface area contributed by atoms with Gasteiger partial charge in [0.2, 0.25) is 0 Å². The van der Waals surface area contributed by atoms with E-state index >= 15 is 0 Å². The fourth-order valence-electron chi connectivity index (χ4n) is 5.67. The van der Waals surface area contributed by atoms with Crippen LogP contribution in [0.3, 0.4) is 0 Å². The van der Waals surface area contributed by atoms with Gasteiger partial charge >= 0.3 is 4.87 Å². The maximum Gasteiger partial charge on any atom is 0.305 e. The number of hydrogen-bond acceptors (Lipinski definition) is 6. The molecule has 3 heterocycles. The summed E-state index contributed by atoms with van der Waals surface area (Å²) in [7, 11) is 0. The molecule has 5 atom stereocenters. The number of hydrogen-bond donors (Lipinski definition) is 1. The van der Waals surface area contributed by atoms with E-state index in [2.05, 4.69) is 4.98 Å². The van der Waals surface area contributed by atoms with Gasteiger partial charge in [-0.05, 0) is 55.2 Å². The van der Waals surface area contributed by atoms with Crippen molar-refractivity contribution in [3.8, 4) is 11.3 Å². The second-order valence-corrected chi connectivity index (χ2v) is 10.4. The summed E-state index contributed by atoms with van der Waals surface area (Å²) < 4.78 is 6.26. The molecule has 2 saturated carbocycles. The summed E-state index contributed by atoms with van der Waals surface area (Å²) >= 11 is 3.13. The number of fused-ring (bicyclic) bond motifs is 6. The van der Waals surface area contributed by atoms with Gasteiger partial charge in [0.25, 0.3) is 5.69 Å². The van der Waals surface area contributed by atoms with Gasteiger partial charge in [0.15, 0.2) is 0 Å². The number of nitrogens with one attached hydrogen (secondary N) is 1. The Bertz CT molecular complexity index is 1180. The second-order valence-electron chi connectivity index (χ2n) is 8.15. The summed E-state index contributed by atoms with van der Waals surface area (Å²) in [5.74, 6) is 3.20. The third-order valence-electron chi connectivity index (χ3n) is 6.76. The number of nitro benzene ring substituents is 1. The molecule has 8 heteroatoms. The van der Waals surface area contributed by atoms with Crippen molar-refractivity contribution in [2.45, 2.75) is 35.5 Å². The lowest BCUT2D eigenvalue weighted by molar-refractivity contribution is -0.384. The number of nitro groups is 1. The molecule has 0 amide bonds. The van der Waals surface area contributed by atoms with Gasteiger partial charge in [-0.2, -0.15) is 0 Å². The molecule has 1 aliphatic heterocycles. The van der Waals surface area contributed by atoms with Crippen LogP contribution in [0.25, 0.3) is 11.3 Å². The Morgan fingerprint density at radius 1 is 1.14 bits per heavy atom. The number of thiazole rings is 1. The predicted octanol–water partition coefficient (Wildman–Crippen LogP) is 5.26. The van der Waals surface area contributed by atoms with Crippen molar-refractivity contribution in [3.63, 3.8) is 0 Å². The molecule has 29 heavy (non-hydrogen) atoms. The maximum absolute atomic E-state index is 12.1. The van der Waals surface area contributed by atoms with Crippen molar-refractivity contribution in [3.05, 3.63) is 66.8 Å². The van der Waals surface area contributed by atoms with Crippen LogP contribution in [0, 0.1) is 27.9 Å². The molecule has 2 aliphatic carbocycles. The molecule has 1 N–H and O–H groups in total.